The standard InChI is InChI=1S/C25H28N6O4S2/c1-5-16-6-7-18-17(12-16)13-21(27-18)37(34,35)30-10-11-31(20(14-30)23(32)26-3)25(33)24-28-19-8-9-29(4)15(2)22(19)36-24/h1,6-7,12-13,15,20,27H,8-11,14H2,2-4H3,(H,26,32). The molecule has 2 atom stereocenters. The fourth-order valence-electron chi connectivity index (χ4n) is 4.84. The van der Waals surface area contributed by atoms with Gasteiger partial charge in [-0.1, -0.05) is 5.92 Å². The summed E-state index contributed by atoms with van der Waals surface area (Å²) >= 11 is 1.35. The van der Waals surface area contributed by atoms with Crippen molar-refractivity contribution in [2.45, 2.75) is 30.5 Å². The lowest BCUT2D eigenvalue weighted by molar-refractivity contribution is -0.126. The van der Waals surface area contributed by atoms with Crippen LogP contribution in [0.1, 0.15) is 38.9 Å². The maximum atomic E-state index is 13.5. The van der Waals surface area contributed by atoms with Crippen molar-refractivity contribution < 1.29 is 18.0 Å². The highest BCUT2D eigenvalue weighted by Crippen LogP contribution is 2.34. The Morgan fingerprint density at radius 3 is 2.76 bits per heavy atom. The first-order valence-electron chi connectivity index (χ1n) is 12.0. The summed E-state index contributed by atoms with van der Waals surface area (Å²) in [5.74, 6) is 1.76. The van der Waals surface area contributed by atoms with E-state index in [9.17, 15) is 18.0 Å². The van der Waals surface area contributed by atoms with Crippen molar-refractivity contribution in [3.63, 3.8) is 0 Å². The van der Waals surface area contributed by atoms with Gasteiger partial charge in [0.2, 0.25) is 5.91 Å². The van der Waals surface area contributed by atoms with E-state index < -0.39 is 22.0 Å². The minimum absolute atomic E-state index is 0.0119. The number of aromatic amines is 1. The van der Waals surface area contributed by atoms with E-state index in [-0.39, 0.29) is 36.6 Å². The molecule has 5 rings (SSSR count). The topological polar surface area (TPSA) is 119 Å². The molecule has 0 radical (unpaired) electrons. The summed E-state index contributed by atoms with van der Waals surface area (Å²) in [5.41, 5.74) is 2.21. The molecule has 10 nitrogen and oxygen atoms in total. The first kappa shape index (κ1) is 25.4. The highest BCUT2D eigenvalue weighted by molar-refractivity contribution is 7.89. The number of sulfonamides is 1. The predicted molar refractivity (Wildman–Crippen MR) is 141 cm³/mol. The van der Waals surface area contributed by atoms with Gasteiger partial charge in [-0.05, 0) is 38.2 Å². The average molecular weight is 541 g/mol. The molecule has 1 saturated heterocycles. The molecule has 2 N–H and O–H groups in total. The number of thiazole rings is 1. The Kier molecular flexibility index (Phi) is 6.57. The first-order chi connectivity index (χ1) is 17.6. The Morgan fingerprint density at radius 2 is 2.03 bits per heavy atom. The second-order valence-corrected chi connectivity index (χ2v) is 12.2. The number of amides is 2. The molecule has 2 unspecified atom stereocenters. The van der Waals surface area contributed by atoms with E-state index in [0.717, 1.165) is 23.5 Å². The van der Waals surface area contributed by atoms with Gasteiger partial charge in [0.1, 0.15) is 11.1 Å². The number of terminal acetylenes is 1. The van der Waals surface area contributed by atoms with E-state index in [1.807, 2.05) is 7.05 Å². The highest BCUT2D eigenvalue weighted by Gasteiger charge is 2.41. The summed E-state index contributed by atoms with van der Waals surface area (Å²) in [6.45, 7) is 2.90. The van der Waals surface area contributed by atoms with E-state index in [4.69, 9.17) is 6.42 Å². The monoisotopic (exact) mass is 540 g/mol. The molecule has 3 aromatic rings. The molecular formula is C25H28N6O4S2. The van der Waals surface area contributed by atoms with Crippen molar-refractivity contribution in [2.75, 3.05) is 40.3 Å². The Hall–Kier alpha value is -3.24. The minimum atomic E-state index is -3.96. The van der Waals surface area contributed by atoms with Crippen LogP contribution in [0, 0.1) is 12.3 Å². The van der Waals surface area contributed by atoms with Crippen LogP contribution in [-0.4, -0.2) is 90.6 Å². The molecule has 0 bridgehead atoms. The first-order valence-corrected chi connectivity index (χ1v) is 14.2. The quantitative estimate of drug-likeness (QED) is 0.483. The van der Waals surface area contributed by atoms with Crippen molar-refractivity contribution in [1.82, 2.24) is 29.4 Å². The summed E-state index contributed by atoms with van der Waals surface area (Å²) in [4.78, 5) is 38.6. The number of rotatable bonds is 4. The predicted octanol–water partition coefficient (Wildman–Crippen LogP) is 1.42. The zero-order valence-corrected chi connectivity index (χ0v) is 22.4. The number of aromatic nitrogens is 2. The second kappa shape index (κ2) is 9.57. The molecule has 1 aromatic carbocycles. The van der Waals surface area contributed by atoms with Gasteiger partial charge in [-0.15, -0.1) is 17.8 Å². The van der Waals surface area contributed by atoms with Crippen molar-refractivity contribution >= 4 is 44.1 Å². The third kappa shape index (κ3) is 4.42. The van der Waals surface area contributed by atoms with Crippen molar-refractivity contribution in [3.8, 4) is 12.3 Å². The van der Waals surface area contributed by atoms with Gasteiger partial charge in [0.15, 0.2) is 5.01 Å². The van der Waals surface area contributed by atoms with Gasteiger partial charge in [-0.25, -0.2) is 13.4 Å². The normalized spacial score (nSPS) is 21.0. The van der Waals surface area contributed by atoms with Crippen LogP contribution in [-0.2, 0) is 21.2 Å². The number of hydrogen-bond donors (Lipinski definition) is 2. The molecule has 0 saturated carbocycles. The number of hydrogen-bond acceptors (Lipinski definition) is 7. The number of H-pyrrole nitrogens is 1. The molecule has 2 aromatic heterocycles. The van der Waals surface area contributed by atoms with Crippen LogP contribution in [0.4, 0.5) is 0 Å². The Balaban J connectivity index is 1.41. The van der Waals surface area contributed by atoms with Crippen molar-refractivity contribution in [2.24, 2.45) is 0 Å². The maximum Gasteiger partial charge on any atom is 0.283 e. The van der Waals surface area contributed by atoms with E-state index >= 15 is 0 Å². The van der Waals surface area contributed by atoms with Gasteiger partial charge in [0.05, 0.1) is 5.69 Å². The molecule has 1 fully saturated rings. The maximum absolute atomic E-state index is 13.5. The van der Waals surface area contributed by atoms with Crippen LogP contribution >= 0.6 is 11.3 Å². The number of nitrogens with zero attached hydrogens (tertiary/aromatic N) is 4. The molecule has 2 aliphatic rings. The summed E-state index contributed by atoms with van der Waals surface area (Å²) < 4.78 is 28.3. The summed E-state index contributed by atoms with van der Waals surface area (Å²) in [6, 6.07) is 5.92. The zero-order valence-electron chi connectivity index (χ0n) is 20.8. The number of nitrogens with one attached hydrogen (secondary N) is 2. The zero-order chi connectivity index (χ0) is 26.5. The van der Waals surface area contributed by atoms with E-state index in [0.29, 0.717) is 21.5 Å². The van der Waals surface area contributed by atoms with E-state index in [1.54, 1.807) is 18.2 Å². The van der Waals surface area contributed by atoms with Gasteiger partial charge >= 0.3 is 0 Å². The van der Waals surface area contributed by atoms with Crippen LogP contribution in [0.2, 0.25) is 0 Å². The summed E-state index contributed by atoms with van der Waals surface area (Å²) in [5, 5.41) is 3.60. The Labute approximate surface area is 219 Å². The van der Waals surface area contributed by atoms with E-state index in [1.165, 1.54) is 33.7 Å². The van der Waals surface area contributed by atoms with Gasteiger partial charge in [-0.2, -0.15) is 4.31 Å². The number of piperazine rings is 1. The number of carbonyl (C=O) groups is 2. The lowest BCUT2D eigenvalue weighted by atomic mass is 10.1. The number of benzene rings is 1. The van der Waals surface area contributed by atoms with Crippen molar-refractivity contribution in [3.05, 3.63) is 45.4 Å². The molecule has 4 heterocycles. The lowest BCUT2D eigenvalue weighted by Crippen LogP contribution is -2.61. The highest BCUT2D eigenvalue weighted by atomic mass is 32.2. The smallest absolute Gasteiger partial charge is 0.283 e. The van der Waals surface area contributed by atoms with Crippen LogP contribution in [0.25, 0.3) is 10.9 Å². The fraction of sp³-hybridized carbons (Fsp3) is 0.400. The van der Waals surface area contributed by atoms with Crippen LogP contribution in [0.3, 0.4) is 0 Å². The number of carbonyl (C=O) groups excluding carboxylic acids is 2. The molecule has 2 amide bonds. The molecule has 194 valence electrons. The van der Waals surface area contributed by atoms with Crippen LogP contribution < -0.4 is 5.32 Å². The minimum Gasteiger partial charge on any atom is -0.357 e. The third-order valence-corrected chi connectivity index (χ3v) is 10.2. The Morgan fingerprint density at radius 1 is 1.24 bits per heavy atom. The van der Waals surface area contributed by atoms with Gasteiger partial charge in [0.25, 0.3) is 15.9 Å². The average Bonchev–Trinajstić information content (AvgIpc) is 3.54. The third-order valence-electron chi connectivity index (χ3n) is 7.19. The molecule has 12 heteroatoms. The van der Waals surface area contributed by atoms with Crippen LogP contribution in [0.5, 0.6) is 0 Å². The number of likely N-dealkylation sites (N-methyl/N-ethyl adjacent to an activating group) is 2. The largest absolute Gasteiger partial charge is 0.357 e. The van der Waals surface area contributed by atoms with E-state index in [2.05, 4.69) is 33.0 Å². The molecule has 2 aliphatic heterocycles. The van der Waals surface area contributed by atoms with Crippen molar-refractivity contribution in [1.29, 1.82) is 0 Å². The van der Waals surface area contributed by atoms with Gasteiger partial charge < -0.3 is 15.2 Å². The fourth-order valence-corrected chi connectivity index (χ4v) is 7.48. The summed E-state index contributed by atoms with van der Waals surface area (Å²) in [6.07, 6.45) is 6.23. The second-order valence-electron chi connectivity index (χ2n) is 9.31. The van der Waals surface area contributed by atoms with Gasteiger partial charge in [-0.3, -0.25) is 14.5 Å². The lowest BCUT2D eigenvalue weighted by Gasteiger charge is -2.39. The van der Waals surface area contributed by atoms with Crippen LogP contribution in [0.15, 0.2) is 29.3 Å². The Bertz CT molecular complexity index is 1540. The molecule has 0 aliphatic carbocycles. The summed E-state index contributed by atoms with van der Waals surface area (Å²) in [7, 11) is -0.448. The SMILES string of the molecule is C#Cc1ccc2[nH]c(S(=O)(=O)N3CCN(C(=O)c4nc5c(s4)C(C)N(C)CC5)C(C(=O)NC)C3)cc2c1. The number of fused-ring (bicyclic) bond motifs is 2. The van der Waals surface area contributed by atoms with Gasteiger partial charge in [0, 0.05) is 67.0 Å². The molecular weight excluding hydrogens is 512 g/mol. The molecule has 0 spiro atoms. The molecule has 37 heavy (non-hydrogen) atoms.